The molecule has 1 heterocycles. The largest absolute Gasteiger partial charge is 0.372 e. The monoisotopic (exact) mass is 207 g/mol. The lowest BCUT2D eigenvalue weighted by Crippen LogP contribution is -2.32. The molecule has 0 aliphatic carbocycles. The maximum atomic E-state index is 11.8. The summed E-state index contributed by atoms with van der Waals surface area (Å²) in [5.74, 6) is 0.528. The Bertz CT molecular complexity index is 338. The van der Waals surface area contributed by atoms with Gasteiger partial charge in [0.1, 0.15) is 5.82 Å². The van der Waals surface area contributed by atoms with Crippen molar-refractivity contribution in [1.82, 2.24) is 10.3 Å². The smallest absolute Gasteiger partial charge is 0.255 e. The van der Waals surface area contributed by atoms with Crippen molar-refractivity contribution in [1.29, 1.82) is 0 Å². The van der Waals surface area contributed by atoms with Crippen LogP contribution in [0.25, 0.3) is 0 Å². The third kappa shape index (κ3) is 2.94. The molecule has 2 N–H and O–H groups in total. The van der Waals surface area contributed by atoms with Gasteiger partial charge in [0, 0.05) is 19.3 Å². The molecule has 0 bridgehead atoms. The van der Waals surface area contributed by atoms with Crippen LogP contribution in [-0.2, 0) is 0 Å². The average molecular weight is 207 g/mol. The molecular formula is C11H17N3O. The number of amides is 1. The summed E-state index contributed by atoms with van der Waals surface area (Å²) in [5, 5.41) is 5.80. The molecule has 1 aromatic rings. The lowest BCUT2D eigenvalue weighted by atomic mass is 10.2. The van der Waals surface area contributed by atoms with Crippen molar-refractivity contribution < 1.29 is 4.79 Å². The van der Waals surface area contributed by atoms with Crippen LogP contribution in [0.15, 0.2) is 18.3 Å². The minimum atomic E-state index is -0.0817. The highest BCUT2D eigenvalue weighted by atomic mass is 16.1. The third-order valence-electron chi connectivity index (χ3n) is 2.28. The van der Waals surface area contributed by atoms with Crippen LogP contribution in [-0.4, -0.2) is 24.0 Å². The number of nitrogens with zero attached hydrogens (tertiary/aromatic N) is 1. The average Bonchev–Trinajstić information content (AvgIpc) is 2.28. The summed E-state index contributed by atoms with van der Waals surface area (Å²) < 4.78 is 0. The van der Waals surface area contributed by atoms with E-state index in [1.165, 1.54) is 0 Å². The van der Waals surface area contributed by atoms with Crippen LogP contribution in [0.5, 0.6) is 0 Å². The summed E-state index contributed by atoms with van der Waals surface area (Å²) >= 11 is 0. The number of aromatic nitrogens is 1. The molecule has 4 nitrogen and oxygen atoms in total. The molecule has 0 radical (unpaired) electrons. The molecule has 0 saturated carbocycles. The van der Waals surface area contributed by atoms with Crippen molar-refractivity contribution in [2.45, 2.75) is 26.3 Å². The Morgan fingerprint density at radius 3 is 2.93 bits per heavy atom. The van der Waals surface area contributed by atoms with Gasteiger partial charge in [0.25, 0.3) is 5.91 Å². The maximum Gasteiger partial charge on any atom is 0.255 e. The lowest BCUT2D eigenvalue weighted by molar-refractivity contribution is 0.0940. The molecule has 1 amide bonds. The first-order chi connectivity index (χ1) is 7.19. The van der Waals surface area contributed by atoms with E-state index in [1.807, 2.05) is 13.8 Å². The fourth-order valence-electron chi connectivity index (χ4n) is 1.19. The number of carbonyl (C=O) groups is 1. The van der Waals surface area contributed by atoms with E-state index in [-0.39, 0.29) is 11.9 Å². The van der Waals surface area contributed by atoms with Crippen LogP contribution in [0.1, 0.15) is 30.6 Å². The predicted molar refractivity (Wildman–Crippen MR) is 61.0 cm³/mol. The molecule has 0 aromatic carbocycles. The van der Waals surface area contributed by atoms with Crippen molar-refractivity contribution in [2.24, 2.45) is 0 Å². The zero-order valence-electron chi connectivity index (χ0n) is 9.37. The Morgan fingerprint density at radius 1 is 1.60 bits per heavy atom. The summed E-state index contributed by atoms with van der Waals surface area (Å²) in [7, 11) is 1.75. The standard InChI is InChI=1S/C11H17N3O/c1-4-8(2)14-11(15)9-6-5-7-13-10(9)12-3/h5-8H,4H2,1-3H3,(H,12,13)(H,14,15). The number of hydrogen-bond donors (Lipinski definition) is 2. The highest BCUT2D eigenvalue weighted by molar-refractivity contribution is 5.98. The van der Waals surface area contributed by atoms with Crippen molar-refractivity contribution in [3.63, 3.8) is 0 Å². The minimum absolute atomic E-state index is 0.0817. The molecular weight excluding hydrogens is 190 g/mol. The number of pyridine rings is 1. The van der Waals surface area contributed by atoms with Crippen molar-refractivity contribution >= 4 is 11.7 Å². The van der Waals surface area contributed by atoms with E-state index in [0.717, 1.165) is 6.42 Å². The summed E-state index contributed by atoms with van der Waals surface area (Å²) in [4.78, 5) is 15.9. The van der Waals surface area contributed by atoms with Gasteiger partial charge < -0.3 is 10.6 Å². The zero-order valence-corrected chi connectivity index (χ0v) is 9.37. The van der Waals surface area contributed by atoms with E-state index in [4.69, 9.17) is 0 Å². The molecule has 0 saturated heterocycles. The third-order valence-corrected chi connectivity index (χ3v) is 2.28. The van der Waals surface area contributed by atoms with E-state index in [0.29, 0.717) is 11.4 Å². The fraction of sp³-hybridized carbons (Fsp3) is 0.455. The van der Waals surface area contributed by atoms with E-state index in [2.05, 4.69) is 15.6 Å². The Kier molecular flexibility index (Phi) is 4.09. The molecule has 1 atom stereocenters. The van der Waals surface area contributed by atoms with E-state index < -0.39 is 0 Å². The van der Waals surface area contributed by atoms with Crippen LogP contribution >= 0.6 is 0 Å². The van der Waals surface area contributed by atoms with Gasteiger partial charge in [0.15, 0.2) is 0 Å². The van der Waals surface area contributed by atoms with Gasteiger partial charge in [-0.25, -0.2) is 4.98 Å². The van der Waals surface area contributed by atoms with E-state index >= 15 is 0 Å². The quantitative estimate of drug-likeness (QED) is 0.789. The molecule has 1 aromatic heterocycles. The second kappa shape index (κ2) is 5.34. The van der Waals surface area contributed by atoms with Gasteiger partial charge in [-0.2, -0.15) is 0 Å². The lowest BCUT2D eigenvalue weighted by Gasteiger charge is -2.12. The Labute approximate surface area is 90.1 Å². The van der Waals surface area contributed by atoms with E-state index in [9.17, 15) is 4.79 Å². The molecule has 82 valence electrons. The molecule has 0 aliphatic heterocycles. The highest BCUT2D eigenvalue weighted by Crippen LogP contribution is 2.10. The molecule has 1 rings (SSSR count). The van der Waals surface area contributed by atoms with Crippen LogP contribution < -0.4 is 10.6 Å². The van der Waals surface area contributed by atoms with Gasteiger partial charge in [-0.05, 0) is 25.5 Å². The molecule has 4 heteroatoms. The van der Waals surface area contributed by atoms with Gasteiger partial charge >= 0.3 is 0 Å². The molecule has 0 fully saturated rings. The predicted octanol–water partition coefficient (Wildman–Crippen LogP) is 1.65. The number of hydrogen-bond acceptors (Lipinski definition) is 3. The summed E-state index contributed by atoms with van der Waals surface area (Å²) in [6, 6.07) is 3.70. The summed E-state index contributed by atoms with van der Waals surface area (Å²) in [6.45, 7) is 4.01. The molecule has 0 spiro atoms. The van der Waals surface area contributed by atoms with Crippen LogP contribution in [0, 0.1) is 0 Å². The number of carbonyl (C=O) groups excluding carboxylic acids is 1. The second-order valence-corrected chi connectivity index (χ2v) is 3.43. The Balaban J connectivity index is 2.81. The van der Waals surface area contributed by atoms with Gasteiger partial charge in [0.05, 0.1) is 5.56 Å². The number of nitrogens with one attached hydrogen (secondary N) is 2. The molecule has 1 unspecified atom stereocenters. The second-order valence-electron chi connectivity index (χ2n) is 3.43. The highest BCUT2D eigenvalue weighted by Gasteiger charge is 2.12. The first-order valence-corrected chi connectivity index (χ1v) is 5.12. The summed E-state index contributed by atoms with van der Waals surface area (Å²) in [5.41, 5.74) is 0.584. The Hall–Kier alpha value is -1.58. The van der Waals surface area contributed by atoms with Crippen molar-refractivity contribution in [3.8, 4) is 0 Å². The first kappa shape index (κ1) is 11.5. The van der Waals surface area contributed by atoms with Crippen molar-refractivity contribution in [2.75, 3.05) is 12.4 Å². The van der Waals surface area contributed by atoms with Crippen molar-refractivity contribution in [3.05, 3.63) is 23.9 Å². The summed E-state index contributed by atoms with van der Waals surface area (Å²) in [6.07, 6.45) is 2.58. The van der Waals surface area contributed by atoms with Crippen LogP contribution in [0.4, 0.5) is 5.82 Å². The van der Waals surface area contributed by atoms with Gasteiger partial charge in [-0.15, -0.1) is 0 Å². The van der Waals surface area contributed by atoms with Gasteiger partial charge in [-0.3, -0.25) is 4.79 Å². The van der Waals surface area contributed by atoms with Gasteiger partial charge in [0.2, 0.25) is 0 Å². The molecule has 15 heavy (non-hydrogen) atoms. The number of anilines is 1. The molecule has 0 aliphatic rings. The van der Waals surface area contributed by atoms with Gasteiger partial charge in [-0.1, -0.05) is 6.92 Å². The SMILES string of the molecule is CCC(C)NC(=O)c1cccnc1NC. The fourth-order valence-corrected chi connectivity index (χ4v) is 1.19. The first-order valence-electron chi connectivity index (χ1n) is 5.12. The number of rotatable bonds is 4. The van der Waals surface area contributed by atoms with Crippen LogP contribution in [0.3, 0.4) is 0 Å². The topological polar surface area (TPSA) is 54.0 Å². The zero-order chi connectivity index (χ0) is 11.3. The Morgan fingerprint density at radius 2 is 2.33 bits per heavy atom. The minimum Gasteiger partial charge on any atom is -0.372 e. The maximum absolute atomic E-state index is 11.8. The van der Waals surface area contributed by atoms with E-state index in [1.54, 1.807) is 25.4 Å². The van der Waals surface area contributed by atoms with Crippen LogP contribution in [0.2, 0.25) is 0 Å². The normalized spacial score (nSPS) is 11.9.